The number of allylic oxidation sites excluding steroid dienone is 1. The molecule has 0 fully saturated rings. The second kappa shape index (κ2) is 5.71. The molecule has 0 saturated carbocycles. The van der Waals surface area contributed by atoms with Crippen molar-refractivity contribution in [2.24, 2.45) is 0 Å². The summed E-state index contributed by atoms with van der Waals surface area (Å²) in [5.74, 6) is 0.768. The van der Waals surface area contributed by atoms with Crippen molar-refractivity contribution in [3.05, 3.63) is 42.0 Å². The Kier molecular flexibility index (Phi) is 4.03. The van der Waals surface area contributed by atoms with Gasteiger partial charge < -0.3 is 9.47 Å². The highest BCUT2D eigenvalue weighted by molar-refractivity contribution is 5.66. The van der Waals surface area contributed by atoms with E-state index in [4.69, 9.17) is 9.47 Å². The molecule has 0 N–H and O–H groups in total. The Labute approximate surface area is 107 Å². The van der Waals surface area contributed by atoms with Crippen LogP contribution in [0.4, 0.5) is 0 Å². The first-order valence-corrected chi connectivity index (χ1v) is 6.18. The molecule has 2 rings (SSSR count). The monoisotopic (exact) mass is 246 g/mol. The van der Waals surface area contributed by atoms with Crippen molar-refractivity contribution in [2.75, 3.05) is 7.11 Å². The highest BCUT2D eigenvalue weighted by Crippen LogP contribution is 2.31. The lowest BCUT2D eigenvalue weighted by molar-refractivity contribution is -0.147. The Bertz CT molecular complexity index is 434. The van der Waals surface area contributed by atoms with Gasteiger partial charge in [-0.05, 0) is 30.5 Å². The Morgan fingerprint density at radius 2 is 2.00 bits per heavy atom. The number of hydrogen-bond acceptors (Lipinski definition) is 3. The average Bonchev–Trinajstić information content (AvgIpc) is 2.39. The molecular weight excluding hydrogens is 228 g/mol. The molecule has 0 amide bonds. The van der Waals surface area contributed by atoms with E-state index in [0.29, 0.717) is 0 Å². The SMILES string of the molecule is COc1ccc([C@H]2C=CCC[C@@H]2OC(C)=O)cc1. The molecule has 0 bridgehead atoms. The molecule has 3 heteroatoms. The molecule has 0 spiro atoms. The Hall–Kier alpha value is -1.77. The summed E-state index contributed by atoms with van der Waals surface area (Å²) in [7, 11) is 1.65. The van der Waals surface area contributed by atoms with Crippen LogP contribution < -0.4 is 4.74 Å². The first-order valence-electron chi connectivity index (χ1n) is 6.18. The van der Waals surface area contributed by atoms with Gasteiger partial charge in [-0.25, -0.2) is 0 Å². The predicted molar refractivity (Wildman–Crippen MR) is 69.7 cm³/mol. The molecule has 2 atom stereocenters. The second-order valence-corrected chi connectivity index (χ2v) is 4.45. The van der Waals surface area contributed by atoms with Crippen LogP contribution in [0.15, 0.2) is 36.4 Å². The standard InChI is InChI=1S/C15H18O3/c1-11(16)18-15-6-4-3-5-14(15)12-7-9-13(17-2)10-8-12/h3,5,7-10,14-15H,4,6H2,1-2H3/t14-,15+/m1/s1. The maximum atomic E-state index is 11.1. The van der Waals surface area contributed by atoms with Crippen molar-refractivity contribution >= 4 is 5.97 Å². The maximum absolute atomic E-state index is 11.1. The van der Waals surface area contributed by atoms with Crippen LogP contribution in [0.25, 0.3) is 0 Å². The van der Waals surface area contributed by atoms with Gasteiger partial charge in [0.2, 0.25) is 0 Å². The molecular formula is C15H18O3. The highest BCUT2D eigenvalue weighted by atomic mass is 16.5. The maximum Gasteiger partial charge on any atom is 0.302 e. The summed E-state index contributed by atoms with van der Waals surface area (Å²) in [5, 5.41) is 0. The van der Waals surface area contributed by atoms with E-state index < -0.39 is 0 Å². The molecule has 1 aliphatic carbocycles. The van der Waals surface area contributed by atoms with E-state index in [0.717, 1.165) is 24.2 Å². The fraction of sp³-hybridized carbons (Fsp3) is 0.400. The molecule has 0 radical (unpaired) electrons. The van der Waals surface area contributed by atoms with Crippen LogP contribution in [0.5, 0.6) is 5.75 Å². The van der Waals surface area contributed by atoms with Crippen LogP contribution in [0.3, 0.4) is 0 Å². The van der Waals surface area contributed by atoms with Crippen LogP contribution in [-0.2, 0) is 9.53 Å². The third-order valence-electron chi connectivity index (χ3n) is 3.18. The summed E-state index contributed by atoms with van der Waals surface area (Å²) in [5.41, 5.74) is 1.15. The lowest BCUT2D eigenvalue weighted by atomic mass is 9.86. The molecule has 0 aliphatic heterocycles. The van der Waals surface area contributed by atoms with Crippen LogP contribution in [-0.4, -0.2) is 19.2 Å². The van der Waals surface area contributed by atoms with Gasteiger partial charge in [0, 0.05) is 12.8 Å². The normalized spacial score (nSPS) is 22.6. The summed E-state index contributed by atoms with van der Waals surface area (Å²) in [6, 6.07) is 7.91. The first-order chi connectivity index (χ1) is 8.70. The van der Waals surface area contributed by atoms with E-state index in [1.165, 1.54) is 6.92 Å². The number of ether oxygens (including phenoxy) is 2. The van der Waals surface area contributed by atoms with Gasteiger partial charge in [0.25, 0.3) is 0 Å². The van der Waals surface area contributed by atoms with Crippen LogP contribution >= 0.6 is 0 Å². The van der Waals surface area contributed by atoms with Gasteiger partial charge in [-0.3, -0.25) is 4.79 Å². The van der Waals surface area contributed by atoms with Crippen molar-refractivity contribution < 1.29 is 14.3 Å². The molecule has 0 saturated heterocycles. The first kappa shape index (κ1) is 12.7. The molecule has 1 aliphatic rings. The van der Waals surface area contributed by atoms with Crippen molar-refractivity contribution in [1.82, 2.24) is 0 Å². The largest absolute Gasteiger partial charge is 0.497 e. The summed E-state index contributed by atoms with van der Waals surface area (Å²) >= 11 is 0. The lowest BCUT2D eigenvalue weighted by Crippen LogP contribution is -2.25. The second-order valence-electron chi connectivity index (χ2n) is 4.45. The number of carbonyl (C=O) groups excluding carboxylic acids is 1. The molecule has 3 nitrogen and oxygen atoms in total. The van der Waals surface area contributed by atoms with Gasteiger partial charge >= 0.3 is 5.97 Å². The number of benzene rings is 1. The van der Waals surface area contributed by atoms with Crippen molar-refractivity contribution in [2.45, 2.75) is 31.8 Å². The highest BCUT2D eigenvalue weighted by Gasteiger charge is 2.25. The van der Waals surface area contributed by atoms with Gasteiger partial charge in [-0.15, -0.1) is 0 Å². The summed E-state index contributed by atoms with van der Waals surface area (Å²) in [6.45, 7) is 1.46. The minimum atomic E-state index is -0.214. The molecule has 0 heterocycles. The minimum absolute atomic E-state index is 0.0547. The fourth-order valence-corrected chi connectivity index (χ4v) is 2.30. The van der Waals surface area contributed by atoms with E-state index in [2.05, 4.69) is 12.2 Å². The minimum Gasteiger partial charge on any atom is -0.497 e. The van der Waals surface area contributed by atoms with E-state index in [1.54, 1.807) is 7.11 Å². The van der Waals surface area contributed by atoms with E-state index in [1.807, 2.05) is 24.3 Å². The smallest absolute Gasteiger partial charge is 0.302 e. The summed E-state index contributed by atoms with van der Waals surface area (Å²) in [4.78, 5) is 11.1. The quantitative estimate of drug-likeness (QED) is 0.607. The Morgan fingerprint density at radius 3 is 2.61 bits per heavy atom. The lowest BCUT2D eigenvalue weighted by Gasteiger charge is -2.27. The van der Waals surface area contributed by atoms with Crippen LogP contribution in [0, 0.1) is 0 Å². The zero-order valence-electron chi connectivity index (χ0n) is 10.8. The Morgan fingerprint density at radius 1 is 1.28 bits per heavy atom. The third kappa shape index (κ3) is 2.92. The summed E-state index contributed by atoms with van der Waals surface area (Å²) < 4.78 is 10.5. The molecule has 1 aromatic carbocycles. The zero-order chi connectivity index (χ0) is 13.0. The van der Waals surface area contributed by atoms with Gasteiger partial charge in [0.15, 0.2) is 0 Å². The third-order valence-corrected chi connectivity index (χ3v) is 3.18. The van der Waals surface area contributed by atoms with Gasteiger partial charge in [0.05, 0.1) is 7.11 Å². The number of carbonyl (C=O) groups is 1. The van der Waals surface area contributed by atoms with Gasteiger partial charge in [-0.2, -0.15) is 0 Å². The topological polar surface area (TPSA) is 35.5 Å². The molecule has 18 heavy (non-hydrogen) atoms. The van der Waals surface area contributed by atoms with Gasteiger partial charge in [0.1, 0.15) is 11.9 Å². The molecule has 96 valence electrons. The number of hydrogen-bond donors (Lipinski definition) is 0. The number of esters is 1. The van der Waals surface area contributed by atoms with Crippen LogP contribution in [0.1, 0.15) is 31.2 Å². The van der Waals surface area contributed by atoms with Crippen molar-refractivity contribution in [3.63, 3.8) is 0 Å². The van der Waals surface area contributed by atoms with E-state index in [9.17, 15) is 4.79 Å². The molecule has 1 aromatic rings. The van der Waals surface area contributed by atoms with E-state index in [-0.39, 0.29) is 18.0 Å². The van der Waals surface area contributed by atoms with Crippen LogP contribution in [0.2, 0.25) is 0 Å². The zero-order valence-corrected chi connectivity index (χ0v) is 10.8. The average molecular weight is 246 g/mol. The van der Waals surface area contributed by atoms with E-state index >= 15 is 0 Å². The molecule has 0 aromatic heterocycles. The fourth-order valence-electron chi connectivity index (χ4n) is 2.30. The van der Waals surface area contributed by atoms with Gasteiger partial charge in [-0.1, -0.05) is 24.3 Å². The number of methoxy groups -OCH3 is 1. The van der Waals surface area contributed by atoms with Crippen molar-refractivity contribution in [3.8, 4) is 5.75 Å². The predicted octanol–water partition coefficient (Wildman–Crippen LogP) is 3.06. The summed E-state index contributed by atoms with van der Waals surface area (Å²) in [6.07, 6.45) is 6.06. The van der Waals surface area contributed by atoms with Crippen molar-refractivity contribution in [1.29, 1.82) is 0 Å². The molecule has 0 unspecified atom stereocenters. The Balaban J connectivity index is 2.19. The number of rotatable bonds is 3.